The normalized spacial score (nSPS) is 20.1. The van der Waals surface area contributed by atoms with E-state index in [1.165, 1.54) is 11.4 Å². The van der Waals surface area contributed by atoms with Crippen LogP contribution in [0.1, 0.15) is 12.8 Å². The summed E-state index contributed by atoms with van der Waals surface area (Å²) in [4.78, 5) is 2.50. The van der Waals surface area contributed by atoms with E-state index in [2.05, 4.69) is 112 Å². The van der Waals surface area contributed by atoms with Crippen LogP contribution < -0.4 is 4.90 Å². The summed E-state index contributed by atoms with van der Waals surface area (Å²) >= 11 is 0. The highest BCUT2D eigenvalue weighted by atomic mass is 15.3. The molecule has 4 nitrogen and oxygen atoms in total. The lowest BCUT2D eigenvalue weighted by Crippen LogP contribution is -2.32. The molecular weight excluding hydrogens is 440 g/mol. The summed E-state index contributed by atoms with van der Waals surface area (Å²) in [6.07, 6.45) is 15.9. The second-order valence-corrected chi connectivity index (χ2v) is 9.44. The van der Waals surface area contributed by atoms with Gasteiger partial charge in [0.25, 0.3) is 0 Å². The zero-order valence-corrected chi connectivity index (χ0v) is 19.9. The molecule has 3 aromatic carbocycles. The van der Waals surface area contributed by atoms with Crippen molar-refractivity contribution < 1.29 is 0 Å². The van der Waals surface area contributed by atoms with Crippen molar-refractivity contribution in [1.82, 2.24) is 14.8 Å². The molecule has 7 rings (SSSR count). The fraction of sp³-hybridized carbons (Fsp3) is 0.125. The minimum absolute atomic E-state index is 0.310. The monoisotopic (exact) mass is 466 g/mol. The third kappa shape index (κ3) is 3.37. The summed E-state index contributed by atoms with van der Waals surface area (Å²) in [6, 6.07) is 29.7. The number of anilines is 1. The fourth-order valence-corrected chi connectivity index (χ4v) is 5.74. The highest BCUT2D eigenvalue weighted by molar-refractivity contribution is 5.72. The van der Waals surface area contributed by atoms with Gasteiger partial charge in [0, 0.05) is 34.1 Å². The number of fused-ring (bicyclic) bond motifs is 2. The van der Waals surface area contributed by atoms with Crippen LogP contribution in [0, 0.1) is 5.92 Å². The summed E-state index contributed by atoms with van der Waals surface area (Å²) in [5.41, 5.74) is 7.21. The first kappa shape index (κ1) is 20.9. The molecule has 0 saturated heterocycles. The van der Waals surface area contributed by atoms with Gasteiger partial charge in [0.05, 0.1) is 6.04 Å². The third-order valence-electron chi connectivity index (χ3n) is 7.34. The van der Waals surface area contributed by atoms with Crippen molar-refractivity contribution in [3.05, 3.63) is 133 Å². The Kier molecular flexibility index (Phi) is 5.02. The maximum Gasteiger partial charge on any atom is 0.168 e. The summed E-state index contributed by atoms with van der Waals surface area (Å²) < 4.78 is 2.16. The SMILES string of the molecule is C1=CC2C3=C(C=CCC3)N(c3cccc(-c4nnc(-c5ccccc5)n4-c4ccccc4)c3)C2C=C1. The van der Waals surface area contributed by atoms with Crippen molar-refractivity contribution in [3.8, 4) is 28.5 Å². The maximum atomic E-state index is 4.71. The number of para-hydroxylation sites is 1. The molecule has 1 aromatic heterocycles. The van der Waals surface area contributed by atoms with E-state index in [4.69, 9.17) is 5.10 Å². The summed E-state index contributed by atoms with van der Waals surface area (Å²) in [6.45, 7) is 0. The molecule has 3 aliphatic rings. The first-order chi connectivity index (χ1) is 17.9. The Morgan fingerprint density at radius 2 is 1.39 bits per heavy atom. The van der Waals surface area contributed by atoms with Crippen molar-refractivity contribution in [3.63, 3.8) is 0 Å². The molecule has 0 fully saturated rings. The number of rotatable bonds is 4. The van der Waals surface area contributed by atoms with Crippen LogP contribution in [0.25, 0.3) is 28.5 Å². The minimum Gasteiger partial charge on any atom is -0.334 e. The van der Waals surface area contributed by atoms with Gasteiger partial charge in [-0.1, -0.05) is 91.0 Å². The lowest BCUT2D eigenvalue weighted by molar-refractivity contribution is 0.658. The van der Waals surface area contributed by atoms with Gasteiger partial charge in [-0.25, -0.2) is 0 Å². The van der Waals surface area contributed by atoms with Gasteiger partial charge < -0.3 is 4.90 Å². The minimum atomic E-state index is 0.310. The summed E-state index contributed by atoms with van der Waals surface area (Å²) in [5.74, 6) is 2.12. The second kappa shape index (κ2) is 8.65. The summed E-state index contributed by atoms with van der Waals surface area (Å²) in [7, 11) is 0. The lowest BCUT2D eigenvalue weighted by atomic mass is 9.87. The number of hydrogen-bond acceptors (Lipinski definition) is 3. The molecule has 0 N–H and O–H groups in total. The number of hydrogen-bond donors (Lipinski definition) is 0. The average Bonchev–Trinajstić information content (AvgIpc) is 3.54. The highest BCUT2D eigenvalue weighted by Crippen LogP contribution is 2.45. The molecule has 0 bridgehead atoms. The van der Waals surface area contributed by atoms with Crippen LogP contribution in [0.2, 0.25) is 0 Å². The van der Waals surface area contributed by atoms with Crippen molar-refractivity contribution in [2.24, 2.45) is 5.92 Å². The molecular formula is C32H26N4. The zero-order valence-electron chi connectivity index (χ0n) is 19.9. The van der Waals surface area contributed by atoms with Crippen LogP contribution in [0.5, 0.6) is 0 Å². The van der Waals surface area contributed by atoms with Crippen LogP contribution in [0.15, 0.2) is 133 Å². The Balaban J connectivity index is 1.37. The van der Waals surface area contributed by atoms with Gasteiger partial charge in [-0.3, -0.25) is 4.57 Å². The number of allylic oxidation sites excluding steroid dienone is 4. The molecule has 2 atom stereocenters. The second-order valence-electron chi connectivity index (χ2n) is 9.44. The van der Waals surface area contributed by atoms with Gasteiger partial charge in [-0.05, 0) is 48.8 Å². The van der Waals surface area contributed by atoms with E-state index in [-0.39, 0.29) is 0 Å². The molecule has 174 valence electrons. The third-order valence-corrected chi connectivity index (χ3v) is 7.34. The first-order valence-electron chi connectivity index (χ1n) is 12.6. The van der Waals surface area contributed by atoms with E-state index in [9.17, 15) is 0 Å². The quantitative estimate of drug-likeness (QED) is 0.321. The van der Waals surface area contributed by atoms with E-state index in [1.54, 1.807) is 5.57 Å². The van der Waals surface area contributed by atoms with Gasteiger partial charge >= 0.3 is 0 Å². The summed E-state index contributed by atoms with van der Waals surface area (Å²) in [5, 5.41) is 9.37. The van der Waals surface area contributed by atoms with Crippen molar-refractivity contribution in [1.29, 1.82) is 0 Å². The number of aromatic nitrogens is 3. The molecule has 4 aromatic rings. The van der Waals surface area contributed by atoms with Gasteiger partial charge in [0.2, 0.25) is 0 Å². The lowest BCUT2D eigenvalue weighted by Gasteiger charge is -2.30. The van der Waals surface area contributed by atoms with E-state index in [0.29, 0.717) is 12.0 Å². The average molecular weight is 467 g/mol. The molecule has 2 heterocycles. The number of nitrogens with zero attached hydrogens (tertiary/aromatic N) is 4. The van der Waals surface area contributed by atoms with E-state index >= 15 is 0 Å². The number of benzene rings is 3. The van der Waals surface area contributed by atoms with Crippen LogP contribution in [0.3, 0.4) is 0 Å². The van der Waals surface area contributed by atoms with Crippen LogP contribution in [-0.2, 0) is 0 Å². The smallest absolute Gasteiger partial charge is 0.168 e. The van der Waals surface area contributed by atoms with E-state index in [0.717, 1.165) is 41.3 Å². The highest BCUT2D eigenvalue weighted by Gasteiger charge is 2.38. The molecule has 0 radical (unpaired) electrons. The zero-order chi connectivity index (χ0) is 23.9. The van der Waals surface area contributed by atoms with Gasteiger partial charge in [0.1, 0.15) is 0 Å². The van der Waals surface area contributed by atoms with Crippen LogP contribution >= 0.6 is 0 Å². The van der Waals surface area contributed by atoms with Crippen molar-refractivity contribution in [2.75, 3.05) is 4.90 Å². The largest absolute Gasteiger partial charge is 0.334 e. The topological polar surface area (TPSA) is 34.0 Å². The molecule has 1 aliphatic heterocycles. The molecule has 0 spiro atoms. The molecule has 0 saturated carbocycles. The Labute approximate surface area is 211 Å². The molecule has 2 unspecified atom stereocenters. The van der Waals surface area contributed by atoms with E-state index in [1.807, 2.05) is 24.3 Å². The van der Waals surface area contributed by atoms with Crippen LogP contribution in [-0.4, -0.2) is 20.8 Å². The molecule has 0 amide bonds. The fourth-order valence-electron chi connectivity index (χ4n) is 5.74. The Morgan fingerprint density at radius 3 is 2.22 bits per heavy atom. The first-order valence-corrected chi connectivity index (χ1v) is 12.6. The Bertz CT molecular complexity index is 1540. The van der Waals surface area contributed by atoms with Crippen LogP contribution in [0.4, 0.5) is 5.69 Å². The van der Waals surface area contributed by atoms with E-state index < -0.39 is 0 Å². The Hall–Kier alpha value is -4.44. The maximum absolute atomic E-state index is 4.71. The van der Waals surface area contributed by atoms with Crippen molar-refractivity contribution >= 4 is 5.69 Å². The van der Waals surface area contributed by atoms with Gasteiger partial charge in [-0.2, -0.15) is 0 Å². The van der Waals surface area contributed by atoms with Crippen molar-refractivity contribution in [2.45, 2.75) is 18.9 Å². The van der Waals surface area contributed by atoms with Gasteiger partial charge in [0.15, 0.2) is 11.6 Å². The predicted octanol–water partition coefficient (Wildman–Crippen LogP) is 7.14. The predicted molar refractivity (Wildman–Crippen MR) is 146 cm³/mol. The Morgan fingerprint density at radius 1 is 0.694 bits per heavy atom. The molecule has 4 heteroatoms. The van der Waals surface area contributed by atoms with Gasteiger partial charge in [-0.15, -0.1) is 10.2 Å². The molecule has 2 aliphatic carbocycles. The standard InChI is InChI=1S/C32H26N4/c1-3-12-23(13-4-1)31-33-34-32(36(31)25-15-5-2-6-16-25)24-14-11-17-26(22-24)35-29-20-9-7-18-27(29)28-19-8-10-21-30(28)35/h1-7,9-18,20-22,27,29H,8,19H2. The molecule has 36 heavy (non-hydrogen) atoms.